The second-order valence-corrected chi connectivity index (χ2v) is 8.10. The van der Waals surface area contributed by atoms with Gasteiger partial charge >= 0.3 is 0 Å². The third-order valence-electron chi connectivity index (χ3n) is 4.17. The first kappa shape index (κ1) is 29.7. The average molecular weight is 465 g/mol. The molecule has 0 saturated heterocycles. The zero-order valence-corrected chi connectivity index (χ0v) is 21.8. The minimum absolute atomic E-state index is 0.0755. The topological polar surface area (TPSA) is 76.0 Å². The third-order valence-corrected chi connectivity index (χ3v) is 4.50. The van der Waals surface area contributed by atoms with E-state index in [-0.39, 0.29) is 18.4 Å². The van der Waals surface area contributed by atoms with Crippen LogP contribution in [0.2, 0.25) is 0 Å². The number of nitrogens with zero attached hydrogens (tertiary/aromatic N) is 2. The van der Waals surface area contributed by atoms with Crippen LogP contribution < -0.4 is 10.6 Å². The predicted octanol–water partition coefficient (Wildman–Crippen LogP) is 5.49. The highest BCUT2D eigenvalue weighted by Crippen LogP contribution is 2.29. The number of amides is 2. The van der Waals surface area contributed by atoms with Crippen LogP contribution in [-0.4, -0.2) is 35.0 Å². The number of aromatic nitrogens is 2. The second-order valence-electron chi connectivity index (χ2n) is 7.69. The van der Waals surface area contributed by atoms with Crippen LogP contribution in [0.5, 0.6) is 0 Å². The molecular weight excluding hydrogens is 424 g/mol. The van der Waals surface area contributed by atoms with Gasteiger partial charge in [-0.3, -0.25) is 9.59 Å². The summed E-state index contributed by atoms with van der Waals surface area (Å²) in [5.41, 5.74) is 2.05. The number of nitrogens with one attached hydrogen (secondary N) is 2. The van der Waals surface area contributed by atoms with Crippen molar-refractivity contribution in [2.75, 3.05) is 13.6 Å². The highest BCUT2D eigenvalue weighted by molar-refractivity contribution is 6.34. The Morgan fingerprint density at radius 3 is 2.25 bits per heavy atom. The van der Waals surface area contributed by atoms with E-state index < -0.39 is 0 Å². The first-order chi connectivity index (χ1) is 15.3. The smallest absolute Gasteiger partial charge is 0.272 e. The summed E-state index contributed by atoms with van der Waals surface area (Å²) in [7, 11) is 1.53. The van der Waals surface area contributed by atoms with Crippen LogP contribution >= 0.6 is 11.6 Å². The van der Waals surface area contributed by atoms with Crippen molar-refractivity contribution in [1.82, 2.24) is 20.2 Å². The summed E-state index contributed by atoms with van der Waals surface area (Å²) in [5, 5.41) is 5.68. The van der Waals surface area contributed by atoms with Gasteiger partial charge in [-0.15, -0.1) is 0 Å². The predicted molar refractivity (Wildman–Crippen MR) is 136 cm³/mol. The summed E-state index contributed by atoms with van der Waals surface area (Å²) in [6.45, 7) is 15.0. The Labute approximate surface area is 199 Å². The number of carbonyl (C=O) groups excluding carboxylic acids is 2. The van der Waals surface area contributed by atoms with E-state index in [1.165, 1.54) is 7.05 Å². The molecule has 1 aliphatic heterocycles. The lowest BCUT2D eigenvalue weighted by Gasteiger charge is -2.18. The Bertz CT molecular complexity index is 817. The summed E-state index contributed by atoms with van der Waals surface area (Å²) >= 11 is 6.45. The van der Waals surface area contributed by atoms with E-state index in [2.05, 4.69) is 41.0 Å². The molecule has 0 spiro atoms. The SMILES string of the molecule is CC.CC(C)C.C\C=C/C(Cl)=C(\C=C/C)c1nc(C(=O)NCC(=O)NC)c2n1CCCC2. The van der Waals surface area contributed by atoms with Crippen LogP contribution in [0.15, 0.2) is 29.3 Å². The van der Waals surface area contributed by atoms with E-state index in [1.54, 1.807) is 0 Å². The lowest BCUT2D eigenvalue weighted by Crippen LogP contribution is -2.35. The summed E-state index contributed by atoms with van der Waals surface area (Å²) in [5.74, 6) is 0.927. The van der Waals surface area contributed by atoms with Gasteiger partial charge in [0.05, 0.1) is 17.3 Å². The largest absolute Gasteiger partial charge is 0.358 e. The molecule has 0 saturated carbocycles. The number of fused-ring (bicyclic) bond motifs is 1. The number of halogens is 1. The lowest BCUT2D eigenvalue weighted by molar-refractivity contribution is -0.119. The van der Waals surface area contributed by atoms with Crippen molar-refractivity contribution in [1.29, 1.82) is 0 Å². The number of hydrogen-bond donors (Lipinski definition) is 2. The fraction of sp³-hybridized carbons (Fsp3) is 0.560. The fourth-order valence-corrected chi connectivity index (χ4v) is 3.20. The van der Waals surface area contributed by atoms with Gasteiger partial charge in [0.15, 0.2) is 0 Å². The quantitative estimate of drug-likeness (QED) is 0.547. The summed E-state index contributed by atoms with van der Waals surface area (Å²) in [6, 6.07) is 0. The molecule has 0 radical (unpaired) electrons. The summed E-state index contributed by atoms with van der Waals surface area (Å²) in [4.78, 5) is 28.6. The maximum atomic E-state index is 12.6. The van der Waals surface area contributed by atoms with Crippen molar-refractivity contribution >= 4 is 29.0 Å². The zero-order chi connectivity index (χ0) is 24.7. The first-order valence-corrected chi connectivity index (χ1v) is 11.9. The van der Waals surface area contributed by atoms with Crippen LogP contribution in [0, 0.1) is 5.92 Å². The first-order valence-electron chi connectivity index (χ1n) is 11.5. The van der Waals surface area contributed by atoms with Crippen molar-refractivity contribution in [3.8, 4) is 0 Å². The van der Waals surface area contributed by atoms with E-state index in [1.807, 2.05) is 52.0 Å². The van der Waals surface area contributed by atoms with Gasteiger partial charge in [0.25, 0.3) is 5.91 Å². The molecule has 2 heterocycles. The Hall–Kier alpha value is -2.34. The molecule has 0 aromatic carbocycles. The van der Waals surface area contributed by atoms with Gasteiger partial charge in [0.2, 0.25) is 5.91 Å². The van der Waals surface area contributed by atoms with Crippen LogP contribution in [0.25, 0.3) is 5.57 Å². The van der Waals surface area contributed by atoms with Gasteiger partial charge in [-0.2, -0.15) is 0 Å². The van der Waals surface area contributed by atoms with Gasteiger partial charge in [0, 0.05) is 19.2 Å². The highest BCUT2D eigenvalue weighted by atomic mass is 35.5. The molecule has 2 N–H and O–H groups in total. The Balaban J connectivity index is 0.00000144. The van der Waals surface area contributed by atoms with Crippen LogP contribution in [0.1, 0.15) is 83.3 Å². The average Bonchev–Trinajstić information content (AvgIpc) is 3.16. The molecule has 1 aliphatic rings. The van der Waals surface area contributed by atoms with Crippen molar-refractivity contribution in [2.24, 2.45) is 5.92 Å². The number of allylic oxidation sites excluding steroid dienone is 6. The number of carbonyl (C=O) groups is 2. The minimum atomic E-state index is -0.340. The number of hydrogen-bond acceptors (Lipinski definition) is 3. The fourth-order valence-electron chi connectivity index (χ4n) is 2.93. The van der Waals surface area contributed by atoms with Gasteiger partial charge < -0.3 is 15.2 Å². The molecule has 6 nitrogen and oxygen atoms in total. The van der Waals surface area contributed by atoms with Crippen LogP contribution in [-0.2, 0) is 17.8 Å². The van der Waals surface area contributed by atoms with Gasteiger partial charge in [-0.1, -0.05) is 64.4 Å². The van der Waals surface area contributed by atoms with Crippen molar-refractivity contribution in [3.05, 3.63) is 46.5 Å². The molecule has 7 heteroatoms. The van der Waals surface area contributed by atoms with Crippen LogP contribution in [0.3, 0.4) is 0 Å². The molecule has 1 aromatic heterocycles. The van der Waals surface area contributed by atoms with Crippen molar-refractivity contribution in [3.63, 3.8) is 0 Å². The number of likely N-dealkylation sites (N-methyl/N-ethyl adjacent to an activating group) is 1. The van der Waals surface area contributed by atoms with Crippen LogP contribution in [0.4, 0.5) is 0 Å². The molecule has 180 valence electrons. The Morgan fingerprint density at radius 2 is 1.72 bits per heavy atom. The minimum Gasteiger partial charge on any atom is -0.358 e. The second kappa shape index (κ2) is 16.3. The maximum absolute atomic E-state index is 12.6. The van der Waals surface area contributed by atoms with Crippen molar-refractivity contribution < 1.29 is 9.59 Å². The number of rotatable bonds is 6. The van der Waals surface area contributed by atoms with E-state index >= 15 is 0 Å². The van der Waals surface area contributed by atoms with Gasteiger partial charge in [-0.05, 0) is 45.1 Å². The monoisotopic (exact) mass is 464 g/mol. The summed E-state index contributed by atoms with van der Waals surface area (Å²) in [6.07, 6.45) is 10.3. The molecule has 0 aliphatic carbocycles. The molecule has 1 aromatic rings. The highest BCUT2D eigenvalue weighted by Gasteiger charge is 2.26. The van der Waals surface area contributed by atoms with E-state index in [0.717, 1.165) is 43.0 Å². The molecule has 0 bridgehead atoms. The Kier molecular flexibility index (Phi) is 15.1. The molecular formula is C25H41ClN4O2. The molecule has 0 atom stereocenters. The number of imidazole rings is 1. The zero-order valence-electron chi connectivity index (χ0n) is 21.0. The van der Waals surface area contributed by atoms with Gasteiger partial charge in [0.1, 0.15) is 11.5 Å². The molecule has 2 rings (SSSR count). The molecule has 0 fully saturated rings. The van der Waals surface area contributed by atoms with E-state index in [0.29, 0.717) is 16.6 Å². The maximum Gasteiger partial charge on any atom is 0.272 e. The summed E-state index contributed by atoms with van der Waals surface area (Å²) < 4.78 is 2.07. The molecule has 2 amide bonds. The van der Waals surface area contributed by atoms with Gasteiger partial charge in [-0.25, -0.2) is 4.98 Å². The molecule has 0 unspecified atom stereocenters. The molecule has 32 heavy (non-hydrogen) atoms. The lowest BCUT2D eigenvalue weighted by atomic mass is 10.1. The Morgan fingerprint density at radius 1 is 1.12 bits per heavy atom. The van der Waals surface area contributed by atoms with E-state index in [9.17, 15) is 9.59 Å². The normalized spacial score (nSPS) is 13.6. The third kappa shape index (κ3) is 9.43. The van der Waals surface area contributed by atoms with E-state index in [4.69, 9.17) is 11.6 Å². The standard InChI is InChI=1S/C19H25ClN4O2.C4H10.C2H6/c1-4-8-13(14(20)9-5-2)18-23-17(15-10-6-7-11-24(15)18)19(26)22-12-16(25)21-3;1-4(2)3;1-2/h4-5,8-9H,6-7,10-12H2,1-3H3,(H,21,25)(H,22,26);4H,1-3H3;1-2H3/b8-4-,9-5-,14-13-;;. The van der Waals surface area contributed by atoms with Crippen molar-refractivity contribution in [2.45, 2.75) is 74.3 Å².